The maximum absolute atomic E-state index is 9.75. The average Bonchev–Trinajstić information content (AvgIpc) is 2.03. The third-order valence-corrected chi connectivity index (χ3v) is 1.47. The minimum absolute atomic E-state index is 0.568. The topological polar surface area (TPSA) is 28.1 Å². The smallest absolute Gasteiger partial charge is 0.418 e. The molecule has 0 radical (unpaired) electrons. The average molecular weight is 272 g/mol. The van der Waals surface area contributed by atoms with Crippen LogP contribution in [0.4, 0.5) is 23.0 Å². The van der Waals surface area contributed by atoms with E-state index in [2.05, 4.69) is 20.9 Å². The van der Waals surface area contributed by atoms with Crippen LogP contribution in [0, 0.1) is 5.39 Å². The van der Waals surface area contributed by atoms with Crippen LogP contribution in [0.3, 0.4) is 0 Å². The fourth-order valence-corrected chi connectivity index (χ4v) is 0.772. The Bertz CT molecular complexity index is 312. The number of diazo groups is 1. The Labute approximate surface area is 85.8 Å². The first-order chi connectivity index (χ1) is 6.33. The predicted octanol–water partition coefficient (Wildman–Crippen LogP) is 4.23. The Morgan fingerprint density at radius 2 is 1.43 bits per heavy atom. The van der Waals surface area contributed by atoms with Crippen LogP contribution in [0.5, 0.6) is 0 Å². The minimum Gasteiger partial charge on any atom is -0.418 e. The summed E-state index contributed by atoms with van der Waals surface area (Å²) in [5, 5.41) is 8.24. The van der Waals surface area contributed by atoms with E-state index in [0.29, 0.717) is 5.69 Å². The van der Waals surface area contributed by atoms with Crippen LogP contribution in [0.2, 0.25) is 0 Å². The Morgan fingerprint density at radius 3 is 1.71 bits per heavy atom. The van der Waals surface area contributed by atoms with Gasteiger partial charge in [0.2, 0.25) is 5.39 Å². The van der Waals surface area contributed by atoms with E-state index in [9.17, 15) is 17.3 Å². The molecule has 0 amide bonds. The minimum atomic E-state index is -6.00. The van der Waals surface area contributed by atoms with Gasteiger partial charge < -0.3 is 17.3 Å². The lowest BCUT2D eigenvalue weighted by Crippen LogP contribution is -2.02. The van der Waals surface area contributed by atoms with Crippen molar-refractivity contribution < 1.29 is 17.3 Å². The Morgan fingerprint density at radius 1 is 1.07 bits per heavy atom. The van der Waals surface area contributed by atoms with Gasteiger partial charge in [0.25, 0.3) is 0 Å². The largest absolute Gasteiger partial charge is 0.673 e. The van der Waals surface area contributed by atoms with E-state index in [-0.39, 0.29) is 0 Å². The Hall–Kier alpha value is -1.10. The summed E-state index contributed by atoms with van der Waals surface area (Å²) in [5.41, 5.74) is 0.568. The van der Waals surface area contributed by atoms with Crippen LogP contribution in [0.15, 0.2) is 28.7 Å². The molecule has 0 unspecified atom stereocenters. The molecular weight excluding hydrogens is 268 g/mol. The van der Waals surface area contributed by atoms with Gasteiger partial charge >= 0.3 is 12.9 Å². The molecule has 0 aromatic heterocycles. The van der Waals surface area contributed by atoms with Gasteiger partial charge in [-0.3, -0.25) is 0 Å². The zero-order valence-electron chi connectivity index (χ0n) is 6.67. The van der Waals surface area contributed by atoms with E-state index >= 15 is 0 Å². The number of rotatable bonds is 0. The molecule has 0 bridgehead atoms. The molecule has 0 N–H and O–H groups in total. The third kappa shape index (κ3) is 9.00. The second-order valence-corrected chi connectivity index (χ2v) is 2.99. The van der Waals surface area contributed by atoms with Gasteiger partial charge in [0, 0.05) is 16.6 Å². The van der Waals surface area contributed by atoms with Crippen LogP contribution in [-0.2, 0) is 0 Å². The summed E-state index contributed by atoms with van der Waals surface area (Å²) in [7, 11) is -6.00. The second-order valence-electron chi connectivity index (χ2n) is 2.07. The molecule has 0 aliphatic heterocycles. The van der Waals surface area contributed by atoms with Gasteiger partial charge in [-0.2, -0.15) is 0 Å². The van der Waals surface area contributed by atoms with E-state index in [0.717, 1.165) is 4.47 Å². The highest BCUT2D eigenvalue weighted by Crippen LogP contribution is 2.15. The van der Waals surface area contributed by atoms with Crippen molar-refractivity contribution >= 4 is 28.9 Å². The van der Waals surface area contributed by atoms with Crippen LogP contribution >= 0.6 is 15.9 Å². The zero-order chi connectivity index (χ0) is 11.2. The summed E-state index contributed by atoms with van der Waals surface area (Å²) >= 11 is 3.25. The van der Waals surface area contributed by atoms with Gasteiger partial charge in [-0.15, -0.1) is 0 Å². The van der Waals surface area contributed by atoms with E-state index in [4.69, 9.17) is 5.39 Å². The molecule has 0 aliphatic carbocycles. The molecular formula is C6H4BBrF4N2. The van der Waals surface area contributed by atoms with E-state index in [1.54, 1.807) is 12.1 Å². The number of halogens is 5. The maximum atomic E-state index is 9.75. The standard InChI is InChI=1S/C6H4BrN2.BF4/c7-5-1-3-6(9-8)4-2-5;2-1(3,4)5/h1-4H;/q+1;-1/i5+1;. The molecule has 2 nitrogen and oxygen atoms in total. The van der Waals surface area contributed by atoms with Crippen LogP contribution < -0.4 is 0 Å². The van der Waals surface area contributed by atoms with Crippen LogP contribution in [0.25, 0.3) is 4.98 Å². The number of benzene rings is 1. The van der Waals surface area contributed by atoms with Crippen molar-refractivity contribution in [3.05, 3.63) is 33.7 Å². The van der Waals surface area contributed by atoms with Gasteiger partial charge in [-0.25, -0.2) is 0 Å². The van der Waals surface area contributed by atoms with Crippen molar-refractivity contribution in [3.8, 4) is 0 Å². The summed E-state index contributed by atoms with van der Waals surface area (Å²) in [5.74, 6) is 0. The highest BCUT2D eigenvalue weighted by molar-refractivity contribution is 9.10. The summed E-state index contributed by atoms with van der Waals surface area (Å²) in [4.78, 5) is 2.99. The van der Waals surface area contributed by atoms with Crippen molar-refractivity contribution in [1.29, 1.82) is 5.39 Å². The molecule has 1 aromatic carbocycles. The molecule has 8 heteroatoms. The molecule has 0 saturated carbocycles. The molecule has 0 saturated heterocycles. The van der Waals surface area contributed by atoms with Gasteiger partial charge in [-0.1, -0.05) is 15.9 Å². The number of nitrogens with zero attached hydrogens (tertiary/aromatic N) is 2. The molecule has 1 aromatic rings. The van der Waals surface area contributed by atoms with Gasteiger partial charge in [0.15, 0.2) is 4.98 Å². The van der Waals surface area contributed by atoms with E-state index < -0.39 is 7.25 Å². The Balaban J connectivity index is 0.000000292. The molecule has 76 valence electrons. The number of hydrogen-bond acceptors (Lipinski definition) is 1. The maximum Gasteiger partial charge on any atom is 0.673 e. The number of hydrogen-bond donors (Lipinski definition) is 0. The van der Waals surface area contributed by atoms with Crippen LogP contribution in [0.1, 0.15) is 0 Å². The lowest BCUT2D eigenvalue weighted by Gasteiger charge is -1.94. The van der Waals surface area contributed by atoms with Gasteiger partial charge in [0.05, 0.1) is 0 Å². The summed E-state index contributed by atoms with van der Waals surface area (Å²) < 4.78 is 40.0. The van der Waals surface area contributed by atoms with E-state index in [1.165, 1.54) is 0 Å². The lowest BCUT2D eigenvalue weighted by molar-refractivity contribution is 0.368. The second kappa shape index (κ2) is 5.60. The van der Waals surface area contributed by atoms with Crippen molar-refractivity contribution in [2.24, 2.45) is 0 Å². The molecule has 0 aliphatic rings. The lowest BCUT2D eigenvalue weighted by atomic mass is 10.3. The highest BCUT2D eigenvalue weighted by atomic mass is 79.9. The monoisotopic (exact) mass is 271 g/mol. The fourth-order valence-electron chi connectivity index (χ4n) is 0.508. The zero-order valence-corrected chi connectivity index (χ0v) is 8.26. The molecule has 1 rings (SSSR count). The van der Waals surface area contributed by atoms with Crippen molar-refractivity contribution in [2.75, 3.05) is 0 Å². The summed E-state index contributed by atoms with van der Waals surface area (Å²) in [6.07, 6.45) is 0. The van der Waals surface area contributed by atoms with Gasteiger partial charge in [0.1, 0.15) is 0 Å². The molecule has 0 heterocycles. The van der Waals surface area contributed by atoms with Crippen LogP contribution in [-0.4, -0.2) is 7.25 Å². The molecule has 14 heavy (non-hydrogen) atoms. The highest BCUT2D eigenvalue weighted by Gasteiger charge is 2.20. The first-order valence-corrected chi connectivity index (χ1v) is 4.10. The molecule has 0 spiro atoms. The first kappa shape index (κ1) is 12.9. The summed E-state index contributed by atoms with van der Waals surface area (Å²) in [6, 6.07) is 7.05. The SMILES string of the molecule is F[B-](F)(F)F.N#[N+]c1cc[13c](Br)cc1. The predicted molar refractivity (Wildman–Crippen MR) is 49.1 cm³/mol. The third-order valence-electron chi connectivity index (χ3n) is 0.942. The fraction of sp³-hybridized carbons (Fsp3) is 0. The van der Waals surface area contributed by atoms with Crippen molar-refractivity contribution in [1.82, 2.24) is 0 Å². The molecule has 0 atom stereocenters. The molecule has 0 fully saturated rings. The van der Waals surface area contributed by atoms with Crippen molar-refractivity contribution in [3.63, 3.8) is 0 Å². The first-order valence-electron chi connectivity index (χ1n) is 3.31. The van der Waals surface area contributed by atoms with Crippen molar-refractivity contribution in [2.45, 2.75) is 0 Å². The van der Waals surface area contributed by atoms with E-state index in [1.807, 2.05) is 12.1 Å². The van der Waals surface area contributed by atoms with Gasteiger partial charge in [-0.05, 0) is 12.1 Å². The normalized spacial score (nSPS) is 9.71. The Kier molecular flexibility index (Phi) is 5.16. The quantitative estimate of drug-likeness (QED) is 0.394. The summed E-state index contributed by atoms with van der Waals surface area (Å²) in [6.45, 7) is 0.